The first-order valence-corrected chi connectivity index (χ1v) is 5.98. The molecule has 1 saturated heterocycles. The zero-order valence-electron chi connectivity index (χ0n) is 9.19. The van der Waals surface area contributed by atoms with E-state index in [1.807, 2.05) is 0 Å². The Bertz CT molecular complexity index is 568. The number of nitrogen functional groups attached to an aromatic ring is 1. The van der Waals surface area contributed by atoms with Crippen LogP contribution >= 0.6 is 15.9 Å². The van der Waals surface area contributed by atoms with Crippen molar-refractivity contribution in [3.05, 3.63) is 31.5 Å². The van der Waals surface area contributed by atoms with Crippen LogP contribution in [-0.2, 0) is 4.74 Å². The molecule has 0 aliphatic carbocycles. The molecule has 2 rings (SSSR count). The first-order valence-electron chi connectivity index (χ1n) is 5.19. The normalized spacial score (nSPS) is 27.6. The van der Waals surface area contributed by atoms with Crippen molar-refractivity contribution < 1.29 is 14.9 Å². The Morgan fingerprint density at radius 3 is 2.78 bits per heavy atom. The second kappa shape index (κ2) is 4.84. The van der Waals surface area contributed by atoms with E-state index >= 15 is 0 Å². The Balaban J connectivity index is 2.42. The lowest BCUT2D eigenvalue weighted by Crippen LogP contribution is -2.45. The molecule has 9 heteroatoms. The van der Waals surface area contributed by atoms with Gasteiger partial charge in [0.15, 0.2) is 0 Å². The Morgan fingerprint density at radius 1 is 1.56 bits per heavy atom. The highest BCUT2D eigenvalue weighted by atomic mass is 79.9. The molecule has 0 aromatic carbocycles. The molecule has 2 heterocycles. The maximum Gasteiger partial charge on any atom is 0.351 e. The van der Waals surface area contributed by atoms with Gasteiger partial charge in [-0.25, -0.2) is 4.79 Å². The maximum atomic E-state index is 11.8. The van der Waals surface area contributed by atoms with Crippen LogP contribution in [0.1, 0.15) is 12.6 Å². The lowest BCUT2D eigenvalue weighted by atomic mass is 10.2. The summed E-state index contributed by atoms with van der Waals surface area (Å²) in [5, 5.41) is 18.6. The SMILES string of the molecule is Nn1c(=O)c(Br)cn([C@H]2C[C@H](O)[C@@H](CO)O2)c1=O. The van der Waals surface area contributed by atoms with Crippen LogP contribution < -0.4 is 17.1 Å². The minimum absolute atomic E-state index is 0.107. The van der Waals surface area contributed by atoms with Crippen molar-refractivity contribution in [1.82, 2.24) is 9.24 Å². The first kappa shape index (κ1) is 13.3. The molecule has 1 fully saturated rings. The first-order chi connectivity index (χ1) is 8.45. The molecule has 0 radical (unpaired) electrons. The van der Waals surface area contributed by atoms with Gasteiger partial charge in [-0.1, -0.05) is 0 Å². The Morgan fingerprint density at radius 2 is 2.22 bits per heavy atom. The van der Waals surface area contributed by atoms with Crippen LogP contribution in [0, 0.1) is 0 Å². The lowest BCUT2D eigenvalue weighted by Gasteiger charge is -2.15. The number of nitrogens with two attached hydrogens (primary N) is 1. The average molecular weight is 322 g/mol. The molecule has 0 bridgehead atoms. The molecule has 0 amide bonds. The Kier molecular flexibility index (Phi) is 3.57. The van der Waals surface area contributed by atoms with Crippen molar-refractivity contribution in [2.24, 2.45) is 0 Å². The number of rotatable bonds is 2. The summed E-state index contributed by atoms with van der Waals surface area (Å²) in [6.45, 7) is -0.351. The third-order valence-electron chi connectivity index (χ3n) is 2.80. The van der Waals surface area contributed by atoms with Crippen LogP contribution in [0.5, 0.6) is 0 Å². The number of aliphatic hydroxyl groups excluding tert-OH is 2. The van der Waals surface area contributed by atoms with E-state index in [2.05, 4.69) is 15.9 Å². The van der Waals surface area contributed by atoms with Crippen LogP contribution in [-0.4, -0.2) is 38.3 Å². The number of nitrogens with zero attached hydrogens (tertiary/aromatic N) is 2. The molecule has 0 spiro atoms. The van der Waals surface area contributed by atoms with Gasteiger partial charge in [-0.2, -0.15) is 4.68 Å². The van der Waals surface area contributed by atoms with Crippen molar-refractivity contribution in [2.45, 2.75) is 24.9 Å². The van der Waals surface area contributed by atoms with Gasteiger partial charge in [-0.3, -0.25) is 9.36 Å². The standard InChI is InChI=1S/C9H12BrN3O5/c10-4-2-12(9(17)13(11)8(4)16)7-1-5(15)6(3-14)18-7/h2,5-7,14-15H,1,3,11H2/t5-,6+,7+/m0/s1. The summed E-state index contributed by atoms with van der Waals surface area (Å²) in [6.07, 6.45) is -1.000. The van der Waals surface area contributed by atoms with Crippen molar-refractivity contribution in [3.8, 4) is 0 Å². The lowest BCUT2D eigenvalue weighted by molar-refractivity contribution is -0.0462. The highest BCUT2D eigenvalue weighted by Crippen LogP contribution is 2.27. The van der Waals surface area contributed by atoms with Crippen molar-refractivity contribution in [1.29, 1.82) is 0 Å². The summed E-state index contributed by atoms with van der Waals surface area (Å²) in [4.78, 5) is 23.2. The van der Waals surface area contributed by atoms with E-state index in [0.29, 0.717) is 4.68 Å². The molecule has 100 valence electrons. The van der Waals surface area contributed by atoms with Crippen molar-refractivity contribution in [2.75, 3.05) is 12.4 Å². The number of ether oxygens (including phenoxy) is 1. The highest BCUT2D eigenvalue weighted by Gasteiger charge is 2.35. The maximum absolute atomic E-state index is 11.8. The molecule has 4 N–H and O–H groups in total. The number of hydrogen-bond acceptors (Lipinski definition) is 6. The van der Waals surface area contributed by atoms with E-state index in [4.69, 9.17) is 15.7 Å². The average Bonchev–Trinajstić information content (AvgIpc) is 2.72. The smallest absolute Gasteiger partial charge is 0.351 e. The Hall–Kier alpha value is -1.16. The van der Waals surface area contributed by atoms with E-state index in [9.17, 15) is 14.7 Å². The van der Waals surface area contributed by atoms with E-state index in [-0.39, 0.29) is 17.5 Å². The Labute approximate surface area is 109 Å². The summed E-state index contributed by atoms with van der Waals surface area (Å²) in [5.41, 5.74) is -1.41. The molecular weight excluding hydrogens is 310 g/mol. The molecule has 0 unspecified atom stereocenters. The van der Waals surface area contributed by atoms with Crippen LogP contribution in [0.15, 0.2) is 20.3 Å². The second-order valence-electron chi connectivity index (χ2n) is 3.96. The van der Waals surface area contributed by atoms with Gasteiger partial charge in [0.1, 0.15) is 16.8 Å². The number of aromatic nitrogens is 2. The summed E-state index contributed by atoms with van der Waals surface area (Å²) < 4.78 is 6.97. The van der Waals surface area contributed by atoms with Crippen molar-refractivity contribution >= 4 is 15.9 Å². The van der Waals surface area contributed by atoms with Crippen LogP contribution in [0.4, 0.5) is 0 Å². The van der Waals surface area contributed by atoms with Gasteiger partial charge in [0, 0.05) is 12.6 Å². The number of hydrogen-bond donors (Lipinski definition) is 3. The fourth-order valence-electron chi connectivity index (χ4n) is 1.82. The fraction of sp³-hybridized carbons (Fsp3) is 0.556. The van der Waals surface area contributed by atoms with Gasteiger partial charge >= 0.3 is 5.69 Å². The summed E-state index contributed by atoms with van der Waals surface area (Å²) in [7, 11) is 0. The molecule has 18 heavy (non-hydrogen) atoms. The molecular formula is C9H12BrN3O5. The third kappa shape index (κ3) is 2.09. The number of aliphatic hydroxyl groups is 2. The van der Waals surface area contributed by atoms with E-state index in [1.54, 1.807) is 0 Å². The van der Waals surface area contributed by atoms with E-state index < -0.39 is 29.7 Å². The van der Waals surface area contributed by atoms with Gasteiger partial charge < -0.3 is 20.8 Å². The van der Waals surface area contributed by atoms with Crippen molar-refractivity contribution in [3.63, 3.8) is 0 Å². The van der Waals surface area contributed by atoms with Gasteiger partial charge in [0.25, 0.3) is 5.56 Å². The van der Waals surface area contributed by atoms with E-state index in [0.717, 1.165) is 4.57 Å². The van der Waals surface area contributed by atoms with Gasteiger partial charge in [0.05, 0.1) is 12.7 Å². The zero-order valence-corrected chi connectivity index (χ0v) is 10.8. The molecule has 8 nitrogen and oxygen atoms in total. The summed E-state index contributed by atoms with van der Waals surface area (Å²) >= 11 is 2.98. The minimum atomic E-state index is -0.871. The molecule has 1 aromatic rings. The van der Waals surface area contributed by atoms with E-state index in [1.165, 1.54) is 6.20 Å². The number of halogens is 1. The molecule has 0 saturated carbocycles. The summed E-state index contributed by atoms with van der Waals surface area (Å²) in [6, 6.07) is 0. The molecule has 3 atom stereocenters. The zero-order chi connectivity index (χ0) is 13.4. The monoisotopic (exact) mass is 321 g/mol. The third-order valence-corrected chi connectivity index (χ3v) is 3.34. The molecule has 1 aromatic heterocycles. The minimum Gasteiger partial charge on any atom is -0.394 e. The van der Waals surface area contributed by atoms with Gasteiger partial charge in [0.2, 0.25) is 0 Å². The largest absolute Gasteiger partial charge is 0.394 e. The molecule has 1 aliphatic heterocycles. The topological polar surface area (TPSA) is 120 Å². The van der Waals surface area contributed by atoms with Crippen LogP contribution in [0.3, 0.4) is 0 Å². The predicted molar refractivity (Wildman–Crippen MR) is 64.4 cm³/mol. The quantitative estimate of drug-likeness (QED) is 0.549. The molecule has 1 aliphatic rings. The van der Waals surface area contributed by atoms with Crippen LogP contribution in [0.25, 0.3) is 0 Å². The van der Waals surface area contributed by atoms with Gasteiger partial charge in [-0.05, 0) is 15.9 Å². The predicted octanol–water partition coefficient (Wildman–Crippen LogP) is -1.87. The second-order valence-corrected chi connectivity index (χ2v) is 4.81. The fourth-order valence-corrected chi connectivity index (χ4v) is 2.23. The van der Waals surface area contributed by atoms with Crippen LogP contribution in [0.2, 0.25) is 0 Å². The highest BCUT2D eigenvalue weighted by molar-refractivity contribution is 9.10. The van der Waals surface area contributed by atoms with Gasteiger partial charge in [-0.15, -0.1) is 0 Å². The summed E-state index contributed by atoms with van der Waals surface area (Å²) in [5.74, 6) is 5.33.